The Balaban J connectivity index is 1.41. The molecule has 186 valence electrons. The SMILES string of the molecule is CCNC(=O)Nc1cc(Cl)c(O)cc1OC[C@@H](O)CNC1CCN(Cc2ccc(Cl)cc2)CC1. The van der Waals surface area contributed by atoms with E-state index in [4.69, 9.17) is 27.9 Å². The highest BCUT2D eigenvalue weighted by atomic mass is 35.5. The lowest BCUT2D eigenvalue weighted by atomic mass is 10.0. The van der Waals surface area contributed by atoms with E-state index in [1.807, 2.05) is 12.1 Å². The van der Waals surface area contributed by atoms with Crippen LogP contribution in [0.4, 0.5) is 10.5 Å². The monoisotopic (exact) mass is 510 g/mol. The molecule has 0 aliphatic carbocycles. The zero-order valence-electron chi connectivity index (χ0n) is 19.2. The average Bonchev–Trinajstić information content (AvgIpc) is 2.81. The van der Waals surface area contributed by atoms with E-state index in [2.05, 4.69) is 33.0 Å². The molecule has 10 heteroatoms. The number of urea groups is 1. The van der Waals surface area contributed by atoms with Crippen molar-refractivity contribution in [2.75, 3.05) is 38.1 Å². The molecular weight excluding hydrogens is 479 g/mol. The molecule has 8 nitrogen and oxygen atoms in total. The molecule has 2 amide bonds. The minimum Gasteiger partial charge on any atom is -0.506 e. The van der Waals surface area contributed by atoms with Crippen LogP contribution in [0.15, 0.2) is 36.4 Å². The molecule has 3 rings (SSSR count). The van der Waals surface area contributed by atoms with E-state index in [0.717, 1.165) is 37.5 Å². The first-order valence-corrected chi connectivity index (χ1v) is 12.2. The summed E-state index contributed by atoms with van der Waals surface area (Å²) in [6, 6.07) is 10.6. The topological polar surface area (TPSA) is 106 Å². The molecular formula is C24H32Cl2N4O4. The Hall–Kier alpha value is -2.23. The Morgan fingerprint density at radius 2 is 1.91 bits per heavy atom. The van der Waals surface area contributed by atoms with Gasteiger partial charge in [-0.05, 0) is 56.6 Å². The highest BCUT2D eigenvalue weighted by molar-refractivity contribution is 6.32. The molecule has 2 aromatic carbocycles. The van der Waals surface area contributed by atoms with Crippen molar-refractivity contribution in [3.8, 4) is 11.5 Å². The van der Waals surface area contributed by atoms with Crippen molar-refractivity contribution in [1.82, 2.24) is 15.5 Å². The van der Waals surface area contributed by atoms with Crippen LogP contribution in [-0.4, -0.2) is 66.1 Å². The van der Waals surface area contributed by atoms with Crippen molar-refractivity contribution < 1.29 is 19.7 Å². The minimum absolute atomic E-state index is 0.00639. The molecule has 0 saturated carbocycles. The summed E-state index contributed by atoms with van der Waals surface area (Å²) in [6.07, 6.45) is 1.22. The predicted molar refractivity (Wildman–Crippen MR) is 135 cm³/mol. The second-order valence-electron chi connectivity index (χ2n) is 8.33. The van der Waals surface area contributed by atoms with Gasteiger partial charge in [0, 0.05) is 36.8 Å². The fourth-order valence-corrected chi connectivity index (χ4v) is 4.07. The number of halogens is 2. The summed E-state index contributed by atoms with van der Waals surface area (Å²) in [7, 11) is 0. The van der Waals surface area contributed by atoms with Crippen LogP contribution >= 0.6 is 23.2 Å². The van der Waals surface area contributed by atoms with Crippen molar-refractivity contribution in [2.24, 2.45) is 0 Å². The van der Waals surface area contributed by atoms with Crippen LogP contribution in [0, 0.1) is 0 Å². The van der Waals surface area contributed by atoms with Crippen molar-refractivity contribution in [2.45, 2.75) is 38.5 Å². The zero-order chi connectivity index (χ0) is 24.5. The molecule has 1 fully saturated rings. The van der Waals surface area contributed by atoms with Gasteiger partial charge in [0.15, 0.2) is 0 Å². The fourth-order valence-electron chi connectivity index (χ4n) is 3.78. The third-order valence-corrected chi connectivity index (χ3v) is 6.17. The molecule has 0 unspecified atom stereocenters. The number of carbonyl (C=O) groups is 1. The lowest BCUT2D eigenvalue weighted by Gasteiger charge is -2.33. The van der Waals surface area contributed by atoms with Gasteiger partial charge in [0.25, 0.3) is 0 Å². The number of ether oxygens (including phenoxy) is 1. The third kappa shape index (κ3) is 8.21. The van der Waals surface area contributed by atoms with Crippen LogP contribution in [0.2, 0.25) is 10.0 Å². The number of phenolic OH excluding ortho intramolecular Hbond substituents is 1. The van der Waals surface area contributed by atoms with Gasteiger partial charge < -0.3 is 30.9 Å². The van der Waals surface area contributed by atoms with Crippen molar-refractivity contribution >= 4 is 34.9 Å². The second-order valence-corrected chi connectivity index (χ2v) is 9.18. The van der Waals surface area contributed by atoms with Crippen LogP contribution < -0.4 is 20.7 Å². The number of hydrogen-bond acceptors (Lipinski definition) is 6. The number of amides is 2. The third-order valence-electron chi connectivity index (χ3n) is 5.61. The number of aliphatic hydroxyl groups excluding tert-OH is 1. The number of phenols is 1. The number of likely N-dealkylation sites (tertiary alicyclic amines) is 1. The summed E-state index contributed by atoms with van der Waals surface area (Å²) in [6.45, 7) is 5.48. The number of rotatable bonds is 10. The Labute approximate surface area is 210 Å². The quantitative estimate of drug-likeness (QED) is 0.311. The van der Waals surface area contributed by atoms with Crippen molar-refractivity contribution in [3.63, 3.8) is 0 Å². The van der Waals surface area contributed by atoms with Crippen LogP contribution in [0.3, 0.4) is 0 Å². The van der Waals surface area contributed by atoms with Crippen LogP contribution in [0.5, 0.6) is 11.5 Å². The van der Waals surface area contributed by atoms with E-state index in [1.54, 1.807) is 6.92 Å². The molecule has 1 heterocycles. The van der Waals surface area contributed by atoms with E-state index in [9.17, 15) is 15.0 Å². The van der Waals surface area contributed by atoms with Gasteiger partial charge in [0.2, 0.25) is 0 Å². The van der Waals surface area contributed by atoms with Crippen molar-refractivity contribution in [3.05, 3.63) is 52.0 Å². The Morgan fingerprint density at radius 1 is 1.21 bits per heavy atom. The van der Waals surface area contributed by atoms with Gasteiger partial charge in [0.1, 0.15) is 24.2 Å². The molecule has 1 saturated heterocycles. The smallest absolute Gasteiger partial charge is 0.319 e. The molecule has 0 bridgehead atoms. The molecule has 5 N–H and O–H groups in total. The van der Waals surface area contributed by atoms with Gasteiger partial charge in [-0.25, -0.2) is 4.79 Å². The maximum absolute atomic E-state index is 11.9. The van der Waals surface area contributed by atoms with E-state index >= 15 is 0 Å². The summed E-state index contributed by atoms with van der Waals surface area (Å²) in [4.78, 5) is 14.3. The van der Waals surface area contributed by atoms with Gasteiger partial charge in [-0.1, -0.05) is 35.3 Å². The summed E-state index contributed by atoms with van der Waals surface area (Å²) >= 11 is 11.9. The number of anilines is 1. The Bertz CT molecular complexity index is 937. The first kappa shape index (κ1) is 26.4. The normalized spacial score (nSPS) is 15.6. The first-order chi connectivity index (χ1) is 16.3. The standard InChI is InChI=1S/C24H32Cl2N4O4/c1-2-27-24(33)29-21-11-20(26)22(32)12-23(21)34-15-19(31)13-28-18-7-9-30(10-8-18)14-16-3-5-17(25)6-4-16/h3-6,11-12,18-19,28,31-32H,2,7-10,13-15H2,1H3,(H2,27,29,33)/t19-/m0/s1. The van der Waals surface area contributed by atoms with Gasteiger partial charge in [-0.3, -0.25) is 4.90 Å². The summed E-state index contributed by atoms with van der Waals surface area (Å²) in [5, 5.41) is 29.8. The zero-order valence-corrected chi connectivity index (χ0v) is 20.7. The number of aliphatic hydroxyl groups is 1. The molecule has 2 aromatic rings. The molecule has 0 aromatic heterocycles. The summed E-state index contributed by atoms with van der Waals surface area (Å²) < 4.78 is 5.68. The average molecular weight is 511 g/mol. The van der Waals surface area contributed by atoms with Gasteiger partial charge >= 0.3 is 6.03 Å². The molecule has 1 aliphatic heterocycles. The number of carbonyl (C=O) groups excluding carboxylic acids is 1. The maximum Gasteiger partial charge on any atom is 0.319 e. The first-order valence-electron chi connectivity index (χ1n) is 11.4. The number of benzene rings is 2. The van der Waals surface area contributed by atoms with E-state index in [-0.39, 0.29) is 23.1 Å². The Kier molecular flexibility index (Phi) is 10.1. The molecule has 34 heavy (non-hydrogen) atoms. The van der Waals surface area contributed by atoms with Crippen LogP contribution in [-0.2, 0) is 6.54 Å². The van der Waals surface area contributed by atoms with Crippen molar-refractivity contribution in [1.29, 1.82) is 0 Å². The Morgan fingerprint density at radius 3 is 2.59 bits per heavy atom. The highest BCUT2D eigenvalue weighted by Crippen LogP contribution is 2.35. The molecule has 0 spiro atoms. The number of aromatic hydroxyl groups is 1. The van der Waals surface area contributed by atoms with E-state index < -0.39 is 12.1 Å². The fraction of sp³-hybridized carbons (Fsp3) is 0.458. The van der Waals surface area contributed by atoms with Gasteiger partial charge in [-0.2, -0.15) is 0 Å². The lowest BCUT2D eigenvalue weighted by Crippen LogP contribution is -2.45. The van der Waals surface area contributed by atoms with Gasteiger partial charge in [0.05, 0.1) is 10.7 Å². The number of hydrogen-bond donors (Lipinski definition) is 5. The highest BCUT2D eigenvalue weighted by Gasteiger charge is 2.20. The van der Waals surface area contributed by atoms with E-state index in [0.29, 0.717) is 24.8 Å². The minimum atomic E-state index is -0.762. The van der Waals surface area contributed by atoms with Crippen LogP contribution in [0.25, 0.3) is 0 Å². The molecule has 1 atom stereocenters. The van der Waals surface area contributed by atoms with Crippen LogP contribution in [0.1, 0.15) is 25.3 Å². The van der Waals surface area contributed by atoms with Gasteiger partial charge in [-0.15, -0.1) is 0 Å². The number of nitrogens with zero attached hydrogens (tertiary/aromatic N) is 1. The second kappa shape index (κ2) is 13.0. The van der Waals surface area contributed by atoms with E-state index in [1.165, 1.54) is 17.7 Å². The largest absolute Gasteiger partial charge is 0.506 e. The maximum atomic E-state index is 11.9. The number of piperidine rings is 1. The number of nitrogens with one attached hydrogen (secondary N) is 3. The molecule has 0 radical (unpaired) electrons. The summed E-state index contributed by atoms with van der Waals surface area (Å²) in [5.74, 6) is 0.0544. The summed E-state index contributed by atoms with van der Waals surface area (Å²) in [5.41, 5.74) is 1.56. The lowest BCUT2D eigenvalue weighted by molar-refractivity contribution is 0.0981. The molecule has 1 aliphatic rings. The predicted octanol–water partition coefficient (Wildman–Crippen LogP) is 3.83.